The minimum absolute atomic E-state index is 0.0606. The fraction of sp³-hybridized carbons (Fsp3) is 0.0385. The molecule has 3 aromatic carbocycles. The maximum absolute atomic E-state index is 13.9. The van der Waals surface area contributed by atoms with Crippen molar-refractivity contribution in [3.8, 4) is 11.1 Å². The zero-order valence-electron chi connectivity index (χ0n) is 18.0. The van der Waals surface area contributed by atoms with Gasteiger partial charge in [-0.2, -0.15) is 0 Å². The number of hydrogen-bond acceptors (Lipinski definition) is 5. The molecular formula is C26H20N4O3S. The Labute approximate surface area is 196 Å². The van der Waals surface area contributed by atoms with Crippen molar-refractivity contribution in [2.24, 2.45) is 0 Å². The van der Waals surface area contributed by atoms with Crippen molar-refractivity contribution < 1.29 is 13.2 Å². The van der Waals surface area contributed by atoms with Crippen LogP contribution in [0.1, 0.15) is 16.1 Å². The molecule has 0 aliphatic carbocycles. The van der Waals surface area contributed by atoms with Crippen LogP contribution in [0.2, 0.25) is 0 Å². The molecule has 0 bridgehead atoms. The Morgan fingerprint density at radius 1 is 0.882 bits per heavy atom. The van der Waals surface area contributed by atoms with Gasteiger partial charge in [-0.1, -0.05) is 60.7 Å². The molecule has 0 saturated heterocycles. The maximum atomic E-state index is 13.9. The number of benzene rings is 3. The van der Waals surface area contributed by atoms with Crippen molar-refractivity contribution in [2.45, 2.75) is 11.4 Å². The Hall–Kier alpha value is -4.30. The zero-order chi connectivity index (χ0) is 23.5. The van der Waals surface area contributed by atoms with E-state index in [-0.39, 0.29) is 17.0 Å². The fourth-order valence-electron chi connectivity index (χ4n) is 3.87. The first-order valence-electron chi connectivity index (χ1n) is 10.6. The Bertz CT molecular complexity index is 1580. The number of aromatic nitrogens is 3. The number of fused-ring (bicyclic) bond motifs is 1. The standard InChI is InChI=1S/C26H20N4O3S/c31-26(29-17-20-16-27-14-15-28-20)22-11-5-7-13-25(22)34(32,33)30-18-23(19-8-2-1-3-9-19)21-10-4-6-12-24(21)30/h1-16,18H,17H2,(H,29,31). The highest BCUT2D eigenvalue weighted by atomic mass is 32.2. The van der Waals surface area contributed by atoms with Gasteiger partial charge in [0.15, 0.2) is 0 Å². The molecule has 168 valence electrons. The van der Waals surface area contributed by atoms with Crippen molar-refractivity contribution in [2.75, 3.05) is 0 Å². The summed E-state index contributed by atoms with van der Waals surface area (Å²) in [5.74, 6) is -0.510. The Morgan fingerprint density at radius 3 is 2.41 bits per heavy atom. The van der Waals surface area contributed by atoms with Crippen LogP contribution in [0.4, 0.5) is 0 Å². The zero-order valence-corrected chi connectivity index (χ0v) is 18.8. The number of nitrogens with one attached hydrogen (secondary N) is 1. The van der Waals surface area contributed by atoms with E-state index >= 15 is 0 Å². The van der Waals surface area contributed by atoms with Crippen LogP contribution >= 0.6 is 0 Å². The molecule has 1 N–H and O–H groups in total. The number of amides is 1. The van der Waals surface area contributed by atoms with Crippen molar-refractivity contribution in [3.05, 3.63) is 115 Å². The van der Waals surface area contributed by atoms with E-state index < -0.39 is 15.9 Å². The number of rotatable bonds is 6. The lowest BCUT2D eigenvalue weighted by Gasteiger charge is -2.12. The van der Waals surface area contributed by atoms with Gasteiger partial charge in [0.1, 0.15) is 4.90 Å². The number of nitrogens with zero attached hydrogens (tertiary/aromatic N) is 3. The van der Waals surface area contributed by atoms with Gasteiger partial charge in [0.2, 0.25) is 0 Å². The van der Waals surface area contributed by atoms with Gasteiger partial charge in [0, 0.05) is 29.5 Å². The van der Waals surface area contributed by atoms with Gasteiger partial charge < -0.3 is 5.32 Å². The molecule has 0 aliphatic heterocycles. The lowest BCUT2D eigenvalue weighted by Crippen LogP contribution is -2.26. The van der Waals surface area contributed by atoms with E-state index in [4.69, 9.17) is 0 Å². The summed E-state index contributed by atoms with van der Waals surface area (Å²) in [7, 11) is -4.08. The smallest absolute Gasteiger partial charge is 0.268 e. The third kappa shape index (κ3) is 3.95. The minimum atomic E-state index is -4.08. The van der Waals surface area contributed by atoms with Crippen LogP contribution in [-0.2, 0) is 16.6 Å². The summed E-state index contributed by atoms with van der Waals surface area (Å²) < 4.78 is 29.0. The molecule has 0 unspecified atom stereocenters. The quantitative estimate of drug-likeness (QED) is 0.402. The molecule has 2 heterocycles. The molecule has 8 heteroatoms. The van der Waals surface area contributed by atoms with Crippen molar-refractivity contribution in [1.82, 2.24) is 19.3 Å². The van der Waals surface area contributed by atoms with Crippen LogP contribution in [-0.4, -0.2) is 28.3 Å². The molecular weight excluding hydrogens is 448 g/mol. The molecule has 0 radical (unpaired) electrons. The van der Waals surface area contributed by atoms with E-state index in [1.165, 1.54) is 28.5 Å². The molecule has 2 aromatic heterocycles. The topological polar surface area (TPSA) is 94.0 Å². The SMILES string of the molecule is O=C(NCc1cnccn1)c1ccccc1S(=O)(=O)n1cc(-c2ccccc2)c2ccccc21. The van der Waals surface area contributed by atoms with Crippen LogP contribution in [0.25, 0.3) is 22.0 Å². The molecule has 0 atom stereocenters. The monoisotopic (exact) mass is 468 g/mol. The third-order valence-corrected chi connectivity index (χ3v) is 7.21. The van der Waals surface area contributed by atoms with E-state index in [9.17, 15) is 13.2 Å². The fourth-order valence-corrected chi connectivity index (χ4v) is 5.43. The second kappa shape index (κ2) is 8.92. The predicted octanol–water partition coefficient (Wildman–Crippen LogP) is 4.27. The van der Waals surface area contributed by atoms with Crippen LogP contribution in [0.15, 0.2) is 109 Å². The third-order valence-electron chi connectivity index (χ3n) is 5.48. The Kier molecular flexibility index (Phi) is 5.65. The largest absolute Gasteiger partial charge is 0.346 e. The maximum Gasteiger partial charge on any atom is 0.268 e. The molecule has 0 fully saturated rings. The van der Waals surface area contributed by atoms with Crippen LogP contribution in [0, 0.1) is 0 Å². The normalized spacial score (nSPS) is 11.4. The molecule has 5 rings (SSSR count). The summed E-state index contributed by atoms with van der Waals surface area (Å²) in [6.45, 7) is 0.131. The highest BCUT2D eigenvalue weighted by molar-refractivity contribution is 7.90. The first kappa shape index (κ1) is 21.5. The molecule has 0 saturated carbocycles. The van der Waals surface area contributed by atoms with Gasteiger partial charge in [-0.05, 0) is 23.8 Å². The number of carbonyl (C=O) groups is 1. The summed E-state index contributed by atoms with van der Waals surface area (Å²) in [5, 5.41) is 3.54. The highest BCUT2D eigenvalue weighted by Gasteiger charge is 2.26. The Morgan fingerprint density at radius 2 is 1.62 bits per heavy atom. The summed E-state index contributed by atoms with van der Waals surface area (Å²) in [5.41, 5.74) is 2.87. The highest BCUT2D eigenvalue weighted by Crippen LogP contribution is 2.33. The van der Waals surface area contributed by atoms with E-state index in [1.807, 2.05) is 42.5 Å². The Balaban J connectivity index is 1.58. The second-order valence-corrected chi connectivity index (χ2v) is 9.39. The summed E-state index contributed by atoms with van der Waals surface area (Å²) in [6.07, 6.45) is 6.23. The van der Waals surface area contributed by atoms with Crippen LogP contribution < -0.4 is 5.32 Å². The molecule has 7 nitrogen and oxygen atoms in total. The lowest BCUT2D eigenvalue weighted by atomic mass is 10.1. The molecule has 5 aromatic rings. The van der Waals surface area contributed by atoms with Gasteiger partial charge in [-0.15, -0.1) is 0 Å². The van der Waals surface area contributed by atoms with E-state index in [0.29, 0.717) is 11.2 Å². The average Bonchev–Trinajstić information content (AvgIpc) is 3.29. The molecule has 0 spiro atoms. The van der Waals surface area contributed by atoms with Crippen LogP contribution in [0.5, 0.6) is 0 Å². The van der Waals surface area contributed by atoms with Gasteiger partial charge in [0.05, 0.1) is 29.5 Å². The van der Waals surface area contributed by atoms with Crippen molar-refractivity contribution in [1.29, 1.82) is 0 Å². The lowest BCUT2D eigenvalue weighted by molar-refractivity contribution is 0.0947. The second-order valence-electron chi connectivity index (χ2n) is 7.60. The van der Waals surface area contributed by atoms with Gasteiger partial charge >= 0.3 is 0 Å². The molecule has 0 aliphatic rings. The number of carbonyl (C=O) groups excluding carboxylic acids is 1. The minimum Gasteiger partial charge on any atom is -0.346 e. The number of para-hydroxylation sites is 1. The van der Waals surface area contributed by atoms with Crippen molar-refractivity contribution >= 4 is 26.8 Å². The van der Waals surface area contributed by atoms with E-state index in [0.717, 1.165) is 16.5 Å². The average molecular weight is 469 g/mol. The van der Waals surface area contributed by atoms with Gasteiger partial charge in [-0.25, -0.2) is 12.4 Å². The summed E-state index contributed by atoms with van der Waals surface area (Å²) in [6, 6.07) is 23.1. The van der Waals surface area contributed by atoms with Gasteiger partial charge in [0.25, 0.3) is 15.9 Å². The molecule has 34 heavy (non-hydrogen) atoms. The first-order chi connectivity index (χ1) is 16.6. The predicted molar refractivity (Wildman–Crippen MR) is 130 cm³/mol. The summed E-state index contributed by atoms with van der Waals surface area (Å²) >= 11 is 0. The van der Waals surface area contributed by atoms with Crippen LogP contribution in [0.3, 0.4) is 0 Å². The first-order valence-corrected chi connectivity index (χ1v) is 12.0. The number of hydrogen-bond donors (Lipinski definition) is 1. The van der Waals surface area contributed by atoms with E-state index in [2.05, 4.69) is 15.3 Å². The summed E-state index contributed by atoms with van der Waals surface area (Å²) in [4.78, 5) is 21.0. The van der Waals surface area contributed by atoms with E-state index in [1.54, 1.807) is 36.7 Å². The van der Waals surface area contributed by atoms with Gasteiger partial charge in [-0.3, -0.25) is 14.8 Å². The molecule has 1 amide bonds. The van der Waals surface area contributed by atoms with Crippen molar-refractivity contribution in [3.63, 3.8) is 0 Å².